The third kappa shape index (κ3) is 4.64. The van der Waals surface area contributed by atoms with Crippen molar-refractivity contribution in [1.29, 1.82) is 0 Å². The SMILES string of the molecule is [Ni+3].[c-]1ccccc1-c1cccc(-c2[c-]cccc2)n1.c1ccc2c(c1)[n-]c1ccccc12. The summed E-state index contributed by atoms with van der Waals surface area (Å²) in [5.41, 5.74) is 6.06. The zero-order valence-electron chi connectivity index (χ0n) is 17.2. The molecule has 0 saturated heterocycles. The predicted molar refractivity (Wildman–Crippen MR) is 128 cm³/mol. The molecule has 2 nitrogen and oxygen atoms in total. The zero-order chi connectivity index (χ0) is 20.9. The van der Waals surface area contributed by atoms with E-state index in [1.165, 1.54) is 10.8 Å². The van der Waals surface area contributed by atoms with Crippen LogP contribution in [0, 0.1) is 12.1 Å². The maximum atomic E-state index is 4.65. The van der Waals surface area contributed by atoms with E-state index < -0.39 is 0 Å². The van der Waals surface area contributed by atoms with Gasteiger partial charge in [-0.3, -0.25) is 0 Å². The van der Waals surface area contributed by atoms with E-state index in [9.17, 15) is 0 Å². The molecule has 0 aliphatic rings. The van der Waals surface area contributed by atoms with Crippen molar-refractivity contribution in [1.82, 2.24) is 9.97 Å². The molecular weight excluding hydrogens is 435 g/mol. The fourth-order valence-electron chi connectivity index (χ4n) is 3.57. The molecule has 2 aromatic heterocycles. The van der Waals surface area contributed by atoms with Gasteiger partial charge < -0.3 is 9.97 Å². The second-order valence-electron chi connectivity index (χ2n) is 7.11. The number of nitrogens with zero attached hydrogens (tertiary/aromatic N) is 2. The van der Waals surface area contributed by atoms with Crippen LogP contribution in [0.1, 0.15) is 0 Å². The van der Waals surface area contributed by atoms with Gasteiger partial charge in [0, 0.05) is 0 Å². The molecule has 32 heavy (non-hydrogen) atoms. The van der Waals surface area contributed by atoms with Crippen molar-refractivity contribution < 1.29 is 16.5 Å². The number of benzene rings is 4. The first-order valence-corrected chi connectivity index (χ1v) is 10.2. The van der Waals surface area contributed by atoms with Crippen molar-refractivity contribution in [2.45, 2.75) is 0 Å². The minimum Gasteiger partial charge on any atom is -0.657 e. The molecule has 0 aliphatic carbocycles. The molecule has 0 unspecified atom stereocenters. The Labute approximate surface area is 197 Å². The van der Waals surface area contributed by atoms with Crippen molar-refractivity contribution >= 4 is 21.8 Å². The monoisotopic (exact) mass is 453 g/mol. The van der Waals surface area contributed by atoms with Crippen LogP contribution in [-0.2, 0) is 16.5 Å². The van der Waals surface area contributed by atoms with E-state index in [0.717, 1.165) is 33.5 Å². The van der Waals surface area contributed by atoms with E-state index in [4.69, 9.17) is 0 Å². The van der Waals surface area contributed by atoms with Gasteiger partial charge in [-0.2, -0.15) is 0 Å². The van der Waals surface area contributed by atoms with Crippen LogP contribution >= 0.6 is 0 Å². The predicted octanol–water partition coefficient (Wildman–Crippen LogP) is 6.96. The quantitative estimate of drug-likeness (QED) is 0.209. The van der Waals surface area contributed by atoms with E-state index in [-0.39, 0.29) is 16.5 Å². The van der Waals surface area contributed by atoms with Gasteiger partial charge >= 0.3 is 16.5 Å². The number of pyridine rings is 1. The van der Waals surface area contributed by atoms with Gasteiger partial charge in [-0.25, -0.2) is 0 Å². The Morgan fingerprint density at radius 3 is 1.44 bits per heavy atom. The average molecular weight is 454 g/mol. The maximum Gasteiger partial charge on any atom is 3.00 e. The van der Waals surface area contributed by atoms with Crippen LogP contribution in [-0.4, -0.2) is 4.98 Å². The van der Waals surface area contributed by atoms with Gasteiger partial charge in [0.1, 0.15) is 0 Å². The Bertz CT molecular complexity index is 1320. The minimum atomic E-state index is 0. The Hall–Kier alpha value is -3.68. The molecular formula is C29H19N2Ni. The van der Waals surface area contributed by atoms with Crippen molar-refractivity contribution in [2.75, 3.05) is 0 Å². The first-order chi connectivity index (χ1) is 15.4. The summed E-state index contributed by atoms with van der Waals surface area (Å²) in [6.45, 7) is 0. The van der Waals surface area contributed by atoms with Crippen molar-refractivity contribution in [3.63, 3.8) is 0 Å². The summed E-state index contributed by atoms with van der Waals surface area (Å²) in [5.74, 6) is 0. The van der Waals surface area contributed by atoms with Crippen LogP contribution in [0.25, 0.3) is 44.3 Å². The minimum absolute atomic E-state index is 0. The van der Waals surface area contributed by atoms with E-state index >= 15 is 0 Å². The number of hydrogen-bond acceptors (Lipinski definition) is 1. The van der Waals surface area contributed by atoms with Crippen LogP contribution in [0.2, 0.25) is 0 Å². The Morgan fingerprint density at radius 2 is 0.969 bits per heavy atom. The normalized spacial score (nSPS) is 10.2. The smallest absolute Gasteiger partial charge is 0.657 e. The van der Waals surface area contributed by atoms with Gasteiger partial charge in [-0.15, -0.1) is 82.8 Å². The molecule has 0 spiro atoms. The average Bonchev–Trinajstić information content (AvgIpc) is 3.24. The largest absolute Gasteiger partial charge is 3.00 e. The fourth-order valence-corrected chi connectivity index (χ4v) is 3.57. The molecule has 0 aliphatic heterocycles. The summed E-state index contributed by atoms with van der Waals surface area (Å²) in [5, 5.41) is 2.50. The Kier molecular flexibility index (Phi) is 6.79. The summed E-state index contributed by atoms with van der Waals surface area (Å²) in [6, 6.07) is 44.6. The molecule has 0 fully saturated rings. The molecule has 155 valence electrons. The number of fused-ring (bicyclic) bond motifs is 3. The van der Waals surface area contributed by atoms with Crippen LogP contribution in [0.3, 0.4) is 0 Å². The van der Waals surface area contributed by atoms with Gasteiger partial charge in [-0.1, -0.05) is 66.7 Å². The van der Waals surface area contributed by atoms with Crippen LogP contribution in [0.15, 0.2) is 115 Å². The molecule has 3 heteroatoms. The summed E-state index contributed by atoms with van der Waals surface area (Å²) >= 11 is 0. The fraction of sp³-hybridized carbons (Fsp3) is 0. The van der Waals surface area contributed by atoms with Gasteiger partial charge in [0.05, 0.1) is 0 Å². The Morgan fingerprint density at radius 1 is 0.500 bits per heavy atom. The van der Waals surface area contributed by atoms with Crippen molar-refractivity contribution in [3.8, 4) is 22.5 Å². The topological polar surface area (TPSA) is 27.0 Å². The zero-order valence-corrected chi connectivity index (χ0v) is 18.2. The van der Waals surface area contributed by atoms with Crippen LogP contribution < -0.4 is 4.98 Å². The van der Waals surface area contributed by atoms with Crippen molar-refractivity contribution in [2.24, 2.45) is 0 Å². The third-order valence-electron chi connectivity index (χ3n) is 5.06. The standard InChI is InChI=1S/C17H11N.C12H8N.Ni/c1-3-8-14(9-4-1)16-12-7-13-17(18-16)15-10-5-2-6-11-15;1-3-7-11-9(5-1)10-6-2-4-8-12(10)13-11;/h1-8,10,12-13H;1-8H;/q-2;-1;+3. The second kappa shape index (κ2) is 10.1. The molecule has 6 aromatic rings. The summed E-state index contributed by atoms with van der Waals surface area (Å²) in [6.07, 6.45) is 0. The van der Waals surface area contributed by atoms with Gasteiger partial charge in [0.25, 0.3) is 0 Å². The molecule has 2 heterocycles. The van der Waals surface area contributed by atoms with E-state index in [2.05, 4.69) is 58.5 Å². The number of hydrogen-bond donors (Lipinski definition) is 0. The van der Waals surface area contributed by atoms with Gasteiger partial charge in [-0.05, 0) is 22.2 Å². The van der Waals surface area contributed by atoms with Crippen LogP contribution in [0.5, 0.6) is 0 Å². The van der Waals surface area contributed by atoms with E-state index in [1.54, 1.807) is 0 Å². The maximum absolute atomic E-state index is 4.65. The molecule has 0 atom stereocenters. The molecule has 0 amide bonds. The molecule has 0 N–H and O–H groups in total. The first kappa shape index (κ1) is 21.6. The van der Waals surface area contributed by atoms with E-state index in [1.807, 2.05) is 78.9 Å². The Balaban J connectivity index is 0.000000155. The number of aromatic nitrogens is 2. The van der Waals surface area contributed by atoms with Gasteiger partial charge in [0.15, 0.2) is 0 Å². The molecule has 1 radical (unpaired) electrons. The third-order valence-corrected chi connectivity index (χ3v) is 5.06. The molecule has 4 aromatic carbocycles. The van der Waals surface area contributed by atoms with Crippen LogP contribution in [0.4, 0.5) is 0 Å². The number of rotatable bonds is 2. The summed E-state index contributed by atoms with van der Waals surface area (Å²) in [4.78, 5) is 9.17. The second-order valence-corrected chi connectivity index (χ2v) is 7.11. The van der Waals surface area contributed by atoms with E-state index in [0.29, 0.717) is 0 Å². The van der Waals surface area contributed by atoms with Gasteiger partial charge in [0.2, 0.25) is 0 Å². The van der Waals surface area contributed by atoms with Crippen molar-refractivity contribution in [3.05, 3.63) is 127 Å². The molecule has 0 saturated carbocycles. The summed E-state index contributed by atoms with van der Waals surface area (Å²) < 4.78 is 0. The number of para-hydroxylation sites is 2. The first-order valence-electron chi connectivity index (χ1n) is 10.2. The molecule has 0 bridgehead atoms. The molecule has 6 rings (SSSR count). The summed E-state index contributed by atoms with van der Waals surface area (Å²) in [7, 11) is 0.